The molecule has 2 rings (SSSR count). The molecule has 0 saturated heterocycles. The molecule has 0 radical (unpaired) electrons. The van der Waals surface area contributed by atoms with Crippen LogP contribution in [0.3, 0.4) is 0 Å². The topological polar surface area (TPSA) is 37.8 Å². The molecule has 19 heavy (non-hydrogen) atoms. The van der Waals surface area contributed by atoms with Crippen LogP contribution >= 0.6 is 11.6 Å². The van der Waals surface area contributed by atoms with Crippen molar-refractivity contribution < 1.29 is 0 Å². The van der Waals surface area contributed by atoms with Crippen LogP contribution in [0.1, 0.15) is 37.6 Å². The first kappa shape index (κ1) is 13.8. The molecule has 1 unspecified atom stereocenters. The van der Waals surface area contributed by atoms with Crippen molar-refractivity contribution in [3.8, 4) is 0 Å². The fraction of sp³-hybridized carbons (Fsp3) is 0.333. The molecule has 1 heterocycles. The molecule has 0 aliphatic rings. The fourth-order valence-corrected chi connectivity index (χ4v) is 2.29. The smallest absolute Gasteiger partial charge is 0.130 e. The summed E-state index contributed by atoms with van der Waals surface area (Å²) in [6, 6.07) is 9.95. The minimum absolute atomic E-state index is 0.109. The van der Waals surface area contributed by atoms with Crippen molar-refractivity contribution in [2.45, 2.75) is 32.7 Å². The first-order valence-corrected chi connectivity index (χ1v) is 6.90. The van der Waals surface area contributed by atoms with Crippen LogP contribution in [0.5, 0.6) is 0 Å². The predicted octanol–water partition coefficient (Wildman–Crippen LogP) is 4.26. The Morgan fingerprint density at radius 3 is 2.79 bits per heavy atom. The van der Waals surface area contributed by atoms with Gasteiger partial charge in [0.1, 0.15) is 12.1 Å². The number of halogens is 1. The van der Waals surface area contributed by atoms with Gasteiger partial charge in [-0.2, -0.15) is 0 Å². The van der Waals surface area contributed by atoms with Gasteiger partial charge in [0.05, 0.1) is 6.04 Å². The van der Waals surface area contributed by atoms with E-state index in [0.29, 0.717) is 0 Å². The molecule has 0 amide bonds. The lowest BCUT2D eigenvalue weighted by molar-refractivity contribution is 0.849. The minimum atomic E-state index is 0.109. The number of aromatic nitrogens is 2. The third kappa shape index (κ3) is 3.67. The molecule has 1 N–H and O–H groups in total. The van der Waals surface area contributed by atoms with E-state index < -0.39 is 0 Å². The Labute approximate surface area is 119 Å². The highest BCUT2D eigenvalue weighted by Crippen LogP contribution is 2.24. The Kier molecular flexibility index (Phi) is 4.74. The number of rotatable bonds is 5. The van der Waals surface area contributed by atoms with Crippen LogP contribution in [-0.4, -0.2) is 9.97 Å². The van der Waals surface area contributed by atoms with E-state index in [1.54, 1.807) is 6.33 Å². The van der Waals surface area contributed by atoms with Crippen molar-refractivity contribution >= 4 is 17.4 Å². The molecule has 1 aromatic carbocycles. The number of aryl methyl sites for hydroxylation is 1. The molecule has 100 valence electrons. The maximum atomic E-state index is 6.19. The van der Waals surface area contributed by atoms with Crippen molar-refractivity contribution in [1.29, 1.82) is 0 Å². The fourth-order valence-electron chi connectivity index (χ4n) is 2.00. The highest BCUT2D eigenvalue weighted by molar-refractivity contribution is 6.31. The van der Waals surface area contributed by atoms with Crippen LogP contribution in [0.4, 0.5) is 5.82 Å². The van der Waals surface area contributed by atoms with E-state index >= 15 is 0 Å². The monoisotopic (exact) mass is 275 g/mol. The molecular weight excluding hydrogens is 258 g/mol. The van der Waals surface area contributed by atoms with E-state index in [9.17, 15) is 0 Å². The zero-order chi connectivity index (χ0) is 13.7. The summed E-state index contributed by atoms with van der Waals surface area (Å²) in [7, 11) is 0. The van der Waals surface area contributed by atoms with Crippen molar-refractivity contribution in [2.24, 2.45) is 0 Å². The van der Waals surface area contributed by atoms with Crippen LogP contribution in [-0.2, 0) is 6.42 Å². The SMILES string of the molecule is CCCc1cc(NC(C)c2ccccc2Cl)ncn1. The quantitative estimate of drug-likeness (QED) is 0.886. The number of hydrogen-bond acceptors (Lipinski definition) is 3. The average Bonchev–Trinajstić information content (AvgIpc) is 2.40. The second-order valence-electron chi connectivity index (χ2n) is 4.53. The van der Waals surface area contributed by atoms with Gasteiger partial charge in [0.15, 0.2) is 0 Å². The first-order valence-electron chi connectivity index (χ1n) is 6.52. The summed E-state index contributed by atoms with van der Waals surface area (Å²) in [6.45, 7) is 4.21. The van der Waals surface area contributed by atoms with Gasteiger partial charge in [0.2, 0.25) is 0 Å². The lowest BCUT2D eigenvalue weighted by atomic mass is 10.1. The molecular formula is C15H18ClN3. The molecule has 3 nitrogen and oxygen atoms in total. The normalized spacial score (nSPS) is 12.2. The molecule has 0 aliphatic heterocycles. The van der Waals surface area contributed by atoms with Crippen molar-refractivity contribution in [1.82, 2.24) is 9.97 Å². The Balaban J connectivity index is 2.12. The van der Waals surface area contributed by atoms with Crippen molar-refractivity contribution in [3.63, 3.8) is 0 Å². The van der Waals surface area contributed by atoms with Crippen LogP contribution < -0.4 is 5.32 Å². The number of anilines is 1. The number of nitrogens with one attached hydrogen (secondary N) is 1. The lowest BCUT2D eigenvalue weighted by Crippen LogP contribution is -2.09. The van der Waals surface area contributed by atoms with E-state index in [2.05, 4.69) is 29.1 Å². The summed E-state index contributed by atoms with van der Waals surface area (Å²) in [6.07, 6.45) is 3.65. The van der Waals surface area contributed by atoms with E-state index in [-0.39, 0.29) is 6.04 Å². The van der Waals surface area contributed by atoms with Gasteiger partial charge < -0.3 is 5.32 Å². The second kappa shape index (κ2) is 6.53. The predicted molar refractivity (Wildman–Crippen MR) is 79.5 cm³/mol. The summed E-state index contributed by atoms with van der Waals surface area (Å²) in [5, 5.41) is 4.13. The summed E-state index contributed by atoms with van der Waals surface area (Å²) >= 11 is 6.19. The molecule has 0 fully saturated rings. The van der Waals surface area contributed by atoms with Crippen LogP contribution in [0.25, 0.3) is 0 Å². The highest BCUT2D eigenvalue weighted by Gasteiger charge is 2.09. The number of hydrogen-bond donors (Lipinski definition) is 1. The number of nitrogens with zero attached hydrogens (tertiary/aromatic N) is 2. The van der Waals surface area contributed by atoms with Crippen LogP contribution in [0.15, 0.2) is 36.7 Å². The van der Waals surface area contributed by atoms with Crippen molar-refractivity contribution in [3.05, 3.63) is 52.9 Å². The molecule has 1 atom stereocenters. The van der Waals surface area contributed by atoms with Gasteiger partial charge in [-0.15, -0.1) is 0 Å². The second-order valence-corrected chi connectivity index (χ2v) is 4.94. The molecule has 0 saturated carbocycles. The summed E-state index contributed by atoms with van der Waals surface area (Å²) in [5.41, 5.74) is 2.13. The Hall–Kier alpha value is -1.61. The molecule has 1 aromatic heterocycles. The van der Waals surface area contributed by atoms with E-state index in [0.717, 1.165) is 34.9 Å². The van der Waals surface area contributed by atoms with Crippen LogP contribution in [0, 0.1) is 0 Å². The van der Waals surface area contributed by atoms with Gasteiger partial charge in [-0.1, -0.05) is 43.1 Å². The van der Waals surface area contributed by atoms with E-state index in [4.69, 9.17) is 11.6 Å². The van der Waals surface area contributed by atoms with Gasteiger partial charge >= 0.3 is 0 Å². The first-order chi connectivity index (χ1) is 9.20. The molecule has 0 aliphatic carbocycles. The average molecular weight is 276 g/mol. The molecule has 2 aromatic rings. The Bertz CT molecular complexity index is 542. The minimum Gasteiger partial charge on any atom is -0.363 e. The summed E-state index contributed by atoms with van der Waals surface area (Å²) in [5.74, 6) is 0.839. The zero-order valence-electron chi connectivity index (χ0n) is 11.2. The van der Waals surface area contributed by atoms with Gasteiger partial charge in [-0.05, 0) is 25.0 Å². The van der Waals surface area contributed by atoms with Gasteiger partial charge in [0, 0.05) is 16.8 Å². The lowest BCUT2D eigenvalue weighted by Gasteiger charge is -2.16. The maximum absolute atomic E-state index is 6.19. The molecule has 0 bridgehead atoms. The number of benzene rings is 1. The van der Waals surface area contributed by atoms with Gasteiger partial charge in [-0.3, -0.25) is 0 Å². The van der Waals surface area contributed by atoms with E-state index in [1.807, 2.05) is 30.3 Å². The maximum Gasteiger partial charge on any atom is 0.130 e. The third-order valence-electron chi connectivity index (χ3n) is 2.97. The van der Waals surface area contributed by atoms with E-state index in [1.165, 1.54) is 0 Å². The Morgan fingerprint density at radius 2 is 2.05 bits per heavy atom. The van der Waals surface area contributed by atoms with Gasteiger partial charge in [-0.25, -0.2) is 9.97 Å². The summed E-state index contributed by atoms with van der Waals surface area (Å²) < 4.78 is 0. The largest absolute Gasteiger partial charge is 0.363 e. The van der Waals surface area contributed by atoms with Crippen LogP contribution in [0.2, 0.25) is 5.02 Å². The van der Waals surface area contributed by atoms with Crippen molar-refractivity contribution in [2.75, 3.05) is 5.32 Å². The summed E-state index contributed by atoms with van der Waals surface area (Å²) in [4.78, 5) is 8.50. The Morgan fingerprint density at radius 1 is 1.26 bits per heavy atom. The zero-order valence-corrected chi connectivity index (χ0v) is 12.0. The molecule has 4 heteroatoms. The standard InChI is InChI=1S/C15H18ClN3/c1-3-6-12-9-15(18-10-17-12)19-11(2)13-7-4-5-8-14(13)16/h4-5,7-11H,3,6H2,1-2H3,(H,17,18,19). The third-order valence-corrected chi connectivity index (χ3v) is 3.31. The highest BCUT2D eigenvalue weighted by atomic mass is 35.5. The molecule has 0 spiro atoms. The van der Waals surface area contributed by atoms with Gasteiger partial charge in [0.25, 0.3) is 0 Å².